The Morgan fingerprint density at radius 1 is 1.10 bits per heavy atom. The Labute approximate surface area is 174 Å². The van der Waals surface area contributed by atoms with Crippen molar-refractivity contribution in [3.8, 4) is 0 Å². The fraction of sp³-hybridized carbons (Fsp3) is 0.440. The number of nitrogens with two attached hydrogens (primary N) is 1. The zero-order valence-electron chi connectivity index (χ0n) is 18.4. The molecule has 0 heterocycles. The maximum atomic E-state index is 12.0. The van der Waals surface area contributed by atoms with Gasteiger partial charge in [-0.15, -0.1) is 0 Å². The van der Waals surface area contributed by atoms with Crippen LogP contribution in [0.2, 0.25) is 0 Å². The summed E-state index contributed by atoms with van der Waals surface area (Å²) in [6.45, 7) is 12.7. The molecule has 1 aromatic carbocycles. The summed E-state index contributed by atoms with van der Waals surface area (Å²) in [4.78, 5) is 0. The topological polar surface area (TPSA) is 26.0 Å². The molecule has 0 amide bonds. The van der Waals surface area contributed by atoms with Crippen molar-refractivity contribution in [3.63, 3.8) is 0 Å². The van der Waals surface area contributed by atoms with Crippen LogP contribution in [0.4, 0.5) is 13.2 Å². The van der Waals surface area contributed by atoms with Crippen LogP contribution in [0.25, 0.3) is 6.08 Å². The largest absolute Gasteiger partial charge is 0.416 e. The summed E-state index contributed by atoms with van der Waals surface area (Å²) in [6.07, 6.45) is 5.92. The van der Waals surface area contributed by atoms with Gasteiger partial charge in [-0.2, -0.15) is 13.2 Å². The molecule has 1 aliphatic rings. The Morgan fingerprint density at radius 2 is 1.69 bits per heavy atom. The van der Waals surface area contributed by atoms with Gasteiger partial charge in [-0.25, -0.2) is 0 Å². The van der Waals surface area contributed by atoms with Crippen LogP contribution in [-0.2, 0) is 0 Å². The molecule has 29 heavy (non-hydrogen) atoms. The monoisotopic (exact) mass is 407 g/mol. The molecule has 0 spiro atoms. The van der Waals surface area contributed by atoms with Crippen molar-refractivity contribution >= 4 is 6.08 Å². The lowest BCUT2D eigenvalue weighted by molar-refractivity contribution is -0.0881. The van der Waals surface area contributed by atoms with Crippen molar-refractivity contribution in [2.45, 2.75) is 72.5 Å². The first-order valence-corrected chi connectivity index (χ1v) is 10.2. The van der Waals surface area contributed by atoms with E-state index >= 15 is 0 Å². The minimum atomic E-state index is -4.30. The lowest BCUT2D eigenvalue weighted by Crippen LogP contribution is -2.23. The predicted molar refractivity (Wildman–Crippen MR) is 121 cm³/mol. The highest BCUT2D eigenvalue weighted by atomic mass is 19.4. The average Bonchev–Trinajstić information content (AvgIpc) is 2.65. The lowest BCUT2D eigenvalue weighted by Gasteiger charge is -2.20. The summed E-state index contributed by atoms with van der Waals surface area (Å²) in [5, 5.41) is 0. The number of hydrogen-bond donors (Lipinski definition) is 1. The van der Waals surface area contributed by atoms with Gasteiger partial charge in [0.25, 0.3) is 0 Å². The molecule has 0 atom stereocenters. The Bertz CT molecular complexity index is 695. The molecular weight excluding hydrogens is 371 g/mol. The van der Waals surface area contributed by atoms with Gasteiger partial charge in [0.15, 0.2) is 0 Å². The van der Waals surface area contributed by atoms with Gasteiger partial charge in [-0.05, 0) is 52.0 Å². The quantitative estimate of drug-likeness (QED) is 0.506. The van der Waals surface area contributed by atoms with Crippen molar-refractivity contribution in [1.29, 1.82) is 0 Å². The number of rotatable bonds is 3. The third-order valence-corrected chi connectivity index (χ3v) is 4.23. The smallest absolute Gasteiger partial charge is 0.328 e. The highest BCUT2D eigenvalue weighted by Gasteiger charge is 2.30. The highest BCUT2D eigenvalue weighted by molar-refractivity contribution is 5.54. The number of aryl methyl sites for hydroxylation is 1. The average molecular weight is 408 g/mol. The van der Waals surface area contributed by atoms with E-state index in [2.05, 4.69) is 43.8 Å². The summed E-state index contributed by atoms with van der Waals surface area (Å²) in [5.74, 6) is 0. The van der Waals surface area contributed by atoms with Crippen LogP contribution < -0.4 is 5.73 Å². The first-order valence-electron chi connectivity index (χ1n) is 10.2. The number of allylic oxidation sites excluding steroid dienone is 6. The molecule has 0 saturated heterocycles. The van der Waals surface area contributed by atoms with E-state index in [-0.39, 0.29) is 0 Å². The number of alkyl halides is 3. The van der Waals surface area contributed by atoms with Crippen LogP contribution in [-0.4, -0.2) is 12.2 Å². The number of benzene rings is 1. The number of halogens is 3. The van der Waals surface area contributed by atoms with Crippen LogP contribution in [0.15, 0.2) is 65.8 Å². The summed E-state index contributed by atoms with van der Waals surface area (Å²) in [6, 6.07) is 9.10. The van der Waals surface area contributed by atoms with E-state index in [0.717, 1.165) is 30.6 Å². The molecule has 1 aromatic rings. The first kappa shape index (κ1) is 26.9. The minimum Gasteiger partial charge on any atom is -0.328 e. The normalized spacial score (nSPS) is 16.5. The SMILES string of the molecule is C=C/C(=C\C=C(C)C)C(F)(F)F.CC.Cc1cccc(C=C2CCC(N)CC2)c1. The highest BCUT2D eigenvalue weighted by Crippen LogP contribution is 2.26. The zero-order chi connectivity index (χ0) is 22.4. The molecule has 2 rings (SSSR count). The molecule has 1 nitrogen and oxygen atoms in total. The molecule has 0 aromatic heterocycles. The van der Waals surface area contributed by atoms with Crippen LogP contribution >= 0.6 is 0 Å². The summed E-state index contributed by atoms with van der Waals surface area (Å²) in [7, 11) is 0. The van der Waals surface area contributed by atoms with E-state index in [9.17, 15) is 13.2 Å². The van der Waals surface area contributed by atoms with E-state index in [4.69, 9.17) is 5.73 Å². The van der Waals surface area contributed by atoms with Gasteiger partial charge >= 0.3 is 6.18 Å². The second-order valence-corrected chi connectivity index (χ2v) is 7.12. The Hall–Kier alpha value is -2.07. The van der Waals surface area contributed by atoms with E-state index < -0.39 is 11.7 Å². The summed E-state index contributed by atoms with van der Waals surface area (Å²) < 4.78 is 36.0. The van der Waals surface area contributed by atoms with Gasteiger partial charge in [0.05, 0.1) is 5.57 Å². The maximum absolute atomic E-state index is 12.0. The molecule has 1 fully saturated rings. The fourth-order valence-corrected chi connectivity index (χ4v) is 2.69. The zero-order valence-corrected chi connectivity index (χ0v) is 18.4. The van der Waals surface area contributed by atoms with Crippen molar-refractivity contribution in [1.82, 2.24) is 0 Å². The molecule has 0 unspecified atom stereocenters. The van der Waals surface area contributed by atoms with Crippen LogP contribution in [0, 0.1) is 6.92 Å². The maximum Gasteiger partial charge on any atom is 0.416 e. The van der Waals surface area contributed by atoms with Crippen molar-refractivity contribution < 1.29 is 13.2 Å². The fourth-order valence-electron chi connectivity index (χ4n) is 2.69. The first-order chi connectivity index (χ1) is 13.6. The summed E-state index contributed by atoms with van der Waals surface area (Å²) in [5.41, 5.74) is 10.2. The predicted octanol–water partition coefficient (Wildman–Crippen LogP) is 7.93. The van der Waals surface area contributed by atoms with Gasteiger partial charge in [0.1, 0.15) is 0 Å². The van der Waals surface area contributed by atoms with Crippen molar-refractivity contribution in [3.05, 3.63) is 76.9 Å². The third-order valence-electron chi connectivity index (χ3n) is 4.23. The van der Waals surface area contributed by atoms with Crippen LogP contribution in [0.5, 0.6) is 0 Å². The molecule has 0 radical (unpaired) electrons. The second-order valence-electron chi connectivity index (χ2n) is 7.12. The van der Waals surface area contributed by atoms with Crippen molar-refractivity contribution in [2.24, 2.45) is 5.73 Å². The Balaban J connectivity index is 0.000000512. The van der Waals surface area contributed by atoms with Gasteiger partial charge in [0, 0.05) is 6.04 Å². The molecule has 1 saturated carbocycles. The standard InChI is InChI=1S/C14H19N.C9H11F3.C2H6/c1-11-3-2-4-13(9-11)10-12-5-7-14(15)8-6-12;1-4-8(9(10,11)12)6-5-7(2)3;1-2/h2-4,9-10,14H,5-8,15H2,1H3;4-6H,1H2,2-3H3;1-2H3/b;8-6+;. The van der Waals surface area contributed by atoms with Crippen molar-refractivity contribution in [2.75, 3.05) is 0 Å². The summed E-state index contributed by atoms with van der Waals surface area (Å²) >= 11 is 0. The molecule has 1 aliphatic carbocycles. The Morgan fingerprint density at radius 3 is 2.14 bits per heavy atom. The molecule has 0 aliphatic heterocycles. The lowest BCUT2D eigenvalue weighted by atomic mass is 9.90. The Kier molecular flexibility index (Phi) is 13.0. The molecule has 0 bridgehead atoms. The van der Waals surface area contributed by atoms with E-state index in [0.29, 0.717) is 6.04 Å². The van der Waals surface area contributed by atoms with Gasteiger partial charge in [-0.3, -0.25) is 0 Å². The van der Waals surface area contributed by atoms with E-state index in [1.54, 1.807) is 19.4 Å². The molecule has 162 valence electrons. The van der Waals surface area contributed by atoms with Gasteiger partial charge in [0.2, 0.25) is 0 Å². The minimum absolute atomic E-state index is 0.430. The third kappa shape index (κ3) is 12.2. The van der Waals surface area contributed by atoms with Crippen LogP contribution in [0.1, 0.15) is 64.5 Å². The van der Waals surface area contributed by atoms with Crippen LogP contribution in [0.3, 0.4) is 0 Å². The molecular formula is C25H36F3N. The van der Waals surface area contributed by atoms with E-state index in [1.807, 2.05) is 13.8 Å². The number of hydrogen-bond acceptors (Lipinski definition) is 1. The molecule has 2 N–H and O–H groups in total. The van der Waals surface area contributed by atoms with Gasteiger partial charge in [-0.1, -0.05) is 85.7 Å². The molecule has 4 heteroatoms. The van der Waals surface area contributed by atoms with Gasteiger partial charge < -0.3 is 5.73 Å². The van der Waals surface area contributed by atoms with E-state index in [1.165, 1.54) is 30.0 Å². The second kappa shape index (κ2) is 14.0.